The van der Waals surface area contributed by atoms with E-state index in [9.17, 15) is 9.46 Å². The summed E-state index contributed by atoms with van der Waals surface area (Å²) >= 11 is 0. The minimum atomic E-state index is -4.18. The first-order valence-electron chi connectivity index (χ1n) is 12.4. The molecule has 0 bridgehead atoms. The molecule has 1 rings (SSSR count). The molecular weight excluding hydrogens is 397 g/mol. The van der Waals surface area contributed by atoms with Crippen LogP contribution >= 0.6 is 7.82 Å². The first-order valence-corrected chi connectivity index (χ1v) is 13.8. The summed E-state index contributed by atoms with van der Waals surface area (Å²) in [7, 11) is 1.83. The molecular formula is C24H48NO4P. The first-order chi connectivity index (χ1) is 14.3. The smallest absolute Gasteiger partial charge is 0.268 e. The second-order valence-electron chi connectivity index (χ2n) is 9.87. The van der Waals surface area contributed by atoms with Crippen molar-refractivity contribution in [2.75, 3.05) is 40.9 Å². The van der Waals surface area contributed by atoms with Crippen LogP contribution in [0.5, 0.6) is 0 Å². The van der Waals surface area contributed by atoms with Gasteiger partial charge in [0.2, 0.25) is 0 Å². The number of hydrogen-bond acceptors (Lipinski definition) is 4. The normalized spacial score (nSPS) is 20.7. The largest absolute Gasteiger partial charge is 0.756 e. The Bertz CT molecular complexity index is 484. The highest BCUT2D eigenvalue weighted by Crippen LogP contribution is 2.38. The molecule has 1 saturated carbocycles. The molecule has 0 N–H and O–H groups in total. The molecule has 0 aromatic heterocycles. The molecule has 30 heavy (non-hydrogen) atoms. The quantitative estimate of drug-likeness (QED) is 0.179. The fourth-order valence-electron chi connectivity index (χ4n) is 3.83. The summed E-state index contributed by atoms with van der Waals surface area (Å²) in [6.45, 7) is 0.991. The van der Waals surface area contributed by atoms with Crippen molar-refractivity contribution in [3.05, 3.63) is 11.6 Å². The Labute approximate surface area is 186 Å². The third kappa shape index (κ3) is 17.5. The summed E-state index contributed by atoms with van der Waals surface area (Å²) in [4.78, 5) is 11.8. The lowest BCUT2D eigenvalue weighted by Gasteiger charge is -2.27. The standard InChI is InChI=1S/C24H48NO4P/c1-25(2,3)21-23-29-30(26,27)28-22-17-16-20-24-18-14-12-10-8-6-4-5-7-9-11-13-15-19-24/h20H,4-19,21-23H2,1-3H3. The molecule has 0 amide bonds. The predicted octanol–water partition coefficient (Wildman–Crippen LogP) is 6.38. The summed E-state index contributed by atoms with van der Waals surface area (Å²) in [5.41, 5.74) is 1.56. The van der Waals surface area contributed by atoms with E-state index in [2.05, 4.69) is 6.08 Å². The van der Waals surface area contributed by atoms with E-state index in [0.717, 1.165) is 6.42 Å². The van der Waals surface area contributed by atoms with Crippen molar-refractivity contribution in [2.24, 2.45) is 0 Å². The molecule has 0 aromatic carbocycles. The molecule has 1 aliphatic rings. The topological polar surface area (TPSA) is 58.6 Å². The SMILES string of the molecule is C[N+](C)(C)CCOP(=O)([O-])OCCCC=C1CCCCCCCCCCCCCC1. The van der Waals surface area contributed by atoms with Gasteiger partial charge in [0.15, 0.2) is 0 Å². The van der Waals surface area contributed by atoms with Crippen molar-refractivity contribution in [3.8, 4) is 0 Å². The number of rotatable bonds is 9. The van der Waals surface area contributed by atoms with Gasteiger partial charge in [-0.05, 0) is 38.5 Å². The Balaban J connectivity index is 2.29. The monoisotopic (exact) mass is 445 g/mol. The van der Waals surface area contributed by atoms with Gasteiger partial charge in [-0.25, -0.2) is 0 Å². The lowest BCUT2D eigenvalue weighted by atomic mass is 9.99. The molecule has 0 spiro atoms. The number of allylic oxidation sites excluding steroid dienone is 2. The van der Waals surface area contributed by atoms with Gasteiger partial charge in [0, 0.05) is 0 Å². The Kier molecular flexibility index (Phi) is 15.3. The summed E-state index contributed by atoms with van der Waals surface area (Å²) in [6.07, 6.45) is 22.8. The Morgan fingerprint density at radius 1 is 0.800 bits per heavy atom. The first kappa shape index (κ1) is 27.8. The van der Waals surface area contributed by atoms with E-state index >= 15 is 0 Å². The third-order valence-electron chi connectivity index (χ3n) is 5.79. The molecule has 0 aromatic rings. The maximum Gasteiger partial charge on any atom is 0.268 e. The maximum absolute atomic E-state index is 11.8. The number of quaternary nitrogens is 1. The van der Waals surface area contributed by atoms with Crippen LogP contribution in [0.3, 0.4) is 0 Å². The van der Waals surface area contributed by atoms with Crippen molar-refractivity contribution in [3.63, 3.8) is 0 Å². The highest BCUT2D eigenvalue weighted by molar-refractivity contribution is 7.45. The van der Waals surface area contributed by atoms with Crippen LogP contribution < -0.4 is 4.89 Å². The lowest BCUT2D eigenvalue weighted by Crippen LogP contribution is -2.37. The zero-order valence-electron chi connectivity index (χ0n) is 20.0. The molecule has 1 atom stereocenters. The summed E-state index contributed by atoms with van der Waals surface area (Å²) in [6, 6.07) is 0. The number of unbranched alkanes of at least 4 members (excludes halogenated alkanes) is 1. The predicted molar refractivity (Wildman–Crippen MR) is 124 cm³/mol. The summed E-state index contributed by atoms with van der Waals surface area (Å²) in [5.74, 6) is 0. The van der Waals surface area contributed by atoms with Gasteiger partial charge in [-0.15, -0.1) is 0 Å². The maximum atomic E-state index is 11.8. The van der Waals surface area contributed by atoms with Crippen LogP contribution in [0.4, 0.5) is 0 Å². The number of likely N-dealkylation sites (N-methyl/N-ethyl adjacent to an activating group) is 1. The van der Waals surface area contributed by atoms with Crippen LogP contribution in [0.25, 0.3) is 0 Å². The molecule has 0 heterocycles. The zero-order valence-corrected chi connectivity index (χ0v) is 20.9. The van der Waals surface area contributed by atoms with Crippen molar-refractivity contribution in [1.29, 1.82) is 0 Å². The number of phosphoric ester groups is 1. The second-order valence-corrected chi connectivity index (χ2v) is 11.3. The fraction of sp³-hybridized carbons (Fsp3) is 0.917. The third-order valence-corrected chi connectivity index (χ3v) is 6.79. The van der Waals surface area contributed by atoms with Crippen molar-refractivity contribution in [2.45, 2.75) is 103 Å². The summed E-state index contributed by atoms with van der Waals surface area (Å²) < 4.78 is 22.5. The highest BCUT2D eigenvalue weighted by atomic mass is 31.2. The van der Waals surface area contributed by atoms with E-state index in [1.807, 2.05) is 21.1 Å². The van der Waals surface area contributed by atoms with Gasteiger partial charge in [-0.1, -0.05) is 75.9 Å². The molecule has 1 unspecified atom stereocenters. The second kappa shape index (κ2) is 16.4. The van der Waals surface area contributed by atoms with Crippen LogP contribution in [0, 0.1) is 0 Å². The van der Waals surface area contributed by atoms with Gasteiger partial charge in [0.05, 0.1) is 27.7 Å². The van der Waals surface area contributed by atoms with Gasteiger partial charge < -0.3 is 18.4 Å². The van der Waals surface area contributed by atoms with Crippen molar-refractivity contribution >= 4 is 7.82 Å². The minimum Gasteiger partial charge on any atom is -0.756 e. The molecule has 1 fully saturated rings. The van der Waals surface area contributed by atoms with Crippen LogP contribution in [-0.4, -0.2) is 45.4 Å². The molecule has 0 aliphatic heterocycles. The van der Waals surface area contributed by atoms with Gasteiger partial charge in [0.1, 0.15) is 13.2 Å². The number of hydrogen-bond donors (Lipinski definition) is 0. The van der Waals surface area contributed by atoms with E-state index in [4.69, 9.17) is 9.05 Å². The van der Waals surface area contributed by atoms with E-state index in [1.165, 1.54) is 89.9 Å². The number of phosphoric acid groups is 1. The van der Waals surface area contributed by atoms with Crippen LogP contribution in [0.1, 0.15) is 103 Å². The van der Waals surface area contributed by atoms with E-state index < -0.39 is 7.82 Å². The Morgan fingerprint density at radius 3 is 1.70 bits per heavy atom. The molecule has 178 valence electrons. The van der Waals surface area contributed by atoms with Gasteiger partial charge >= 0.3 is 0 Å². The Hall–Kier alpha value is -0.190. The van der Waals surface area contributed by atoms with Crippen LogP contribution in [0.2, 0.25) is 0 Å². The fourth-order valence-corrected chi connectivity index (χ4v) is 4.56. The lowest BCUT2D eigenvalue weighted by molar-refractivity contribution is -0.870. The zero-order chi connectivity index (χ0) is 22.1. The van der Waals surface area contributed by atoms with Gasteiger partial charge in [0.25, 0.3) is 7.82 Å². The van der Waals surface area contributed by atoms with Crippen LogP contribution in [0.15, 0.2) is 11.6 Å². The number of nitrogens with zero attached hydrogens (tertiary/aromatic N) is 1. The van der Waals surface area contributed by atoms with E-state index in [0.29, 0.717) is 17.4 Å². The Morgan fingerprint density at radius 2 is 1.23 bits per heavy atom. The average Bonchev–Trinajstić information content (AvgIpc) is 2.66. The van der Waals surface area contributed by atoms with Crippen molar-refractivity contribution in [1.82, 2.24) is 0 Å². The van der Waals surface area contributed by atoms with E-state index in [1.54, 1.807) is 5.57 Å². The van der Waals surface area contributed by atoms with E-state index in [-0.39, 0.29) is 13.2 Å². The molecule has 1 aliphatic carbocycles. The van der Waals surface area contributed by atoms with Gasteiger partial charge in [-0.2, -0.15) is 0 Å². The molecule has 0 radical (unpaired) electrons. The molecule has 5 nitrogen and oxygen atoms in total. The van der Waals surface area contributed by atoms with Gasteiger partial charge in [-0.3, -0.25) is 4.57 Å². The highest BCUT2D eigenvalue weighted by Gasteiger charge is 2.13. The van der Waals surface area contributed by atoms with Crippen LogP contribution in [-0.2, 0) is 13.6 Å². The summed E-state index contributed by atoms with van der Waals surface area (Å²) in [5, 5.41) is 0. The van der Waals surface area contributed by atoms with Crippen molar-refractivity contribution < 1.29 is 23.0 Å². The molecule has 0 saturated heterocycles. The molecule has 6 heteroatoms. The minimum absolute atomic E-state index is 0.161. The average molecular weight is 446 g/mol.